The molecule has 0 saturated carbocycles. The first-order valence-electron chi connectivity index (χ1n) is 5.38. The van der Waals surface area contributed by atoms with Gasteiger partial charge in [-0.05, 0) is 32.4 Å². The third-order valence-corrected chi connectivity index (χ3v) is 2.51. The van der Waals surface area contributed by atoms with Crippen LogP contribution in [0.3, 0.4) is 0 Å². The first-order chi connectivity index (χ1) is 7.19. The average Bonchev–Trinajstić information content (AvgIpc) is 2.22. The van der Waals surface area contributed by atoms with E-state index in [0.717, 1.165) is 18.5 Å². The van der Waals surface area contributed by atoms with E-state index in [-0.39, 0.29) is 6.04 Å². The molecule has 0 heterocycles. The van der Waals surface area contributed by atoms with Crippen molar-refractivity contribution in [2.45, 2.75) is 39.7 Å². The third kappa shape index (κ3) is 3.05. The number of rotatable bonds is 5. The summed E-state index contributed by atoms with van der Waals surface area (Å²) >= 11 is 0. The highest BCUT2D eigenvalue weighted by Crippen LogP contribution is 2.20. The lowest BCUT2D eigenvalue weighted by Gasteiger charge is -2.22. The zero-order valence-corrected chi connectivity index (χ0v) is 9.60. The molecule has 0 spiro atoms. The number of aryl methyl sites for hydroxylation is 1. The quantitative estimate of drug-likeness (QED) is 0.544. The number of hydrogen-bond donors (Lipinski definition) is 0. The average molecular weight is 206 g/mol. The lowest BCUT2D eigenvalue weighted by molar-refractivity contribution is 0.592. The van der Waals surface area contributed by atoms with Gasteiger partial charge in [-0.1, -0.05) is 31.0 Å². The van der Waals surface area contributed by atoms with Crippen LogP contribution in [0.15, 0.2) is 29.6 Å². The zero-order chi connectivity index (χ0) is 11.3. The van der Waals surface area contributed by atoms with Gasteiger partial charge in [0, 0.05) is 0 Å². The molecule has 1 rings (SSSR count). The lowest BCUT2D eigenvalue weighted by Crippen LogP contribution is -2.27. The smallest absolute Gasteiger partial charge is 0.0629 e. The SMILES string of the molecule is CCCC(C)N(N=O)c1ccc(C)cc1. The van der Waals surface area contributed by atoms with Crippen LogP contribution in [0.4, 0.5) is 5.69 Å². The normalized spacial score (nSPS) is 12.2. The van der Waals surface area contributed by atoms with Crippen LogP contribution in [0.1, 0.15) is 32.3 Å². The number of benzene rings is 1. The molecule has 0 aliphatic heterocycles. The van der Waals surface area contributed by atoms with Crippen molar-refractivity contribution < 1.29 is 0 Å². The molecular formula is C12H18N2O. The summed E-state index contributed by atoms with van der Waals surface area (Å²) in [4.78, 5) is 10.8. The predicted molar refractivity (Wildman–Crippen MR) is 63.8 cm³/mol. The molecular weight excluding hydrogens is 188 g/mol. The number of hydrogen-bond acceptors (Lipinski definition) is 2. The molecule has 3 nitrogen and oxygen atoms in total. The fraction of sp³-hybridized carbons (Fsp3) is 0.500. The Morgan fingerprint density at radius 3 is 2.40 bits per heavy atom. The maximum atomic E-state index is 10.8. The molecule has 3 heteroatoms. The number of nitrogens with zero attached hydrogens (tertiary/aromatic N) is 2. The van der Waals surface area contributed by atoms with Crippen molar-refractivity contribution in [1.29, 1.82) is 0 Å². The van der Waals surface area contributed by atoms with Crippen molar-refractivity contribution in [3.8, 4) is 0 Å². The Balaban J connectivity index is 2.82. The van der Waals surface area contributed by atoms with E-state index < -0.39 is 0 Å². The minimum Gasteiger partial charge on any atom is -0.227 e. The van der Waals surface area contributed by atoms with E-state index in [1.807, 2.05) is 38.1 Å². The minimum atomic E-state index is 0.162. The van der Waals surface area contributed by atoms with Gasteiger partial charge in [-0.3, -0.25) is 0 Å². The second kappa shape index (κ2) is 5.49. The molecule has 0 fully saturated rings. The molecule has 0 bridgehead atoms. The highest BCUT2D eigenvalue weighted by molar-refractivity contribution is 5.47. The maximum Gasteiger partial charge on any atom is 0.0629 e. The summed E-state index contributed by atoms with van der Waals surface area (Å²) in [5.41, 5.74) is 2.06. The van der Waals surface area contributed by atoms with Gasteiger partial charge in [0.25, 0.3) is 0 Å². The van der Waals surface area contributed by atoms with Gasteiger partial charge in [0.05, 0.1) is 17.0 Å². The Hall–Kier alpha value is -1.38. The zero-order valence-electron chi connectivity index (χ0n) is 9.60. The van der Waals surface area contributed by atoms with Crippen LogP contribution < -0.4 is 5.01 Å². The Kier molecular flexibility index (Phi) is 4.28. The van der Waals surface area contributed by atoms with Crippen molar-refractivity contribution in [3.05, 3.63) is 34.7 Å². The Bertz CT molecular complexity index is 308. The maximum absolute atomic E-state index is 10.8. The molecule has 0 amide bonds. The van der Waals surface area contributed by atoms with Gasteiger partial charge in [-0.25, -0.2) is 5.01 Å². The van der Waals surface area contributed by atoms with E-state index in [0.29, 0.717) is 0 Å². The van der Waals surface area contributed by atoms with Crippen LogP contribution in [0, 0.1) is 11.8 Å². The first kappa shape index (κ1) is 11.7. The summed E-state index contributed by atoms with van der Waals surface area (Å²) in [5, 5.41) is 4.63. The number of nitroso groups, excluding NO2 is 1. The van der Waals surface area contributed by atoms with Crippen molar-refractivity contribution >= 4 is 5.69 Å². The summed E-state index contributed by atoms with van der Waals surface area (Å²) in [6.45, 7) is 6.15. The van der Waals surface area contributed by atoms with Gasteiger partial charge in [0.1, 0.15) is 0 Å². The lowest BCUT2D eigenvalue weighted by atomic mass is 10.1. The molecule has 82 valence electrons. The standard InChI is InChI=1S/C12H18N2O/c1-4-5-11(3)14(13-15)12-8-6-10(2)7-9-12/h6-9,11H,4-5H2,1-3H3. The summed E-state index contributed by atoms with van der Waals surface area (Å²) in [5.74, 6) is 0. The molecule has 1 atom stereocenters. The molecule has 0 aliphatic carbocycles. The van der Waals surface area contributed by atoms with E-state index in [4.69, 9.17) is 0 Å². The summed E-state index contributed by atoms with van der Waals surface area (Å²) in [6, 6.07) is 8.01. The van der Waals surface area contributed by atoms with Gasteiger partial charge < -0.3 is 0 Å². The van der Waals surface area contributed by atoms with Crippen LogP contribution in [-0.2, 0) is 0 Å². The third-order valence-electron chi connectivity index (χ3n) is 2.51. The van der Waals surface area contributed by atoms with Crippen molar-refractivity contribution in [1.82, 2.24) is 0 Å². The van der Waals surface area contributed by atoms with Crippen LogP contribution in [0.2, 0.25) is 0 Å². The molecule has 1 aromatic rings. The van der Waals surface area contributed by atoms with E-state index in [9.17, 15) is 4.91 Å². The van der Waals surface area contributed by atoms with Gasteiger partial charge in [0.15, 0.2) is 0 Å². The molecule has 0 aliphatic rings. The van der Waals surface area contributed by atoms with Crippen LogP contribution >= 0.6 is 0 Å². The van der Waals surface area contributed by atoms with E-state index >= 15 is 0 Å². The molecule has 1 unspecified atom stereocenters. The highest BCUT2D eigenvalue weighted by atomic mass is 16.3. The second-order valence-corrected chi connectivity index (χ2v) is 3.90. The summed E-state index contributed by atoms with van der Waals surface area (Å²) in [6.07, 6.45) is 2.03. The molecule has 15 heavy (non-hydrogen) atoms. The van der Waals surface area contributed by atoms with Gasteiger partial charge in [-0.15, -0.1) is 4.91 Å². The number of anilines is 1. The second-order valence-electron chi connectivity index (χ2n) is 3.90. The Morgan fingerprint density at radius 2 is 1.93 bits per heavy atom. The fourth-order valence-corrected chi connectivity index (χ4v) is 1.62. The Labute approximate surface area is 91.0 Å². The topological polar surface area (TPSA) is 32.7 Å². The minimum absolute atomic E-state index is 0.162. The van der Waals surface area contributed by atoms with E-state index in [1.54, 1.807) is 5.01 Å². The van der Waals surface area contributed by atoms with Crippen molar-refractivity contribution in [2.75, 3.05) is 5.01 Å². The first-order valence-corrected chi connectivity index (χ1v) is 5.38. The van der Waals surface area contributed by atoms with Crippen molar-refractivity contribution in [2.24, 2.45) is 5.29 Å². The van der Waals surface area contributed by atoms with E-state index in [2.05, 4.69) is 12.2 Å². The van der Waals surface area contributed by atoms with Gasteiger partial charge in [0.2, 0.25) is 0 Å². The molecule has 0 aromatic heterocycles. The highest BCUT2D eigenvalue weighted by Gasteiger charge is 2.13. The van der Waals surface area contributed by atoms with Crippen LogP contribution in [0.25, 0.3) is 0 Å². The van der Waals surface area contributed by atoms with Gasteiger partial charge >= 0.3 is 0 Å². The molecule has 0 radical (unpaired) electrons. The van der Waals surface area contributed by atoms with E-state index in [1.165, 1.54) is 5.56 Å². The molecule has 1 aromatic carbocycles. The monoisotopic (exact) mass is 206 g/mol. The summed E-state index contributed by atoms with van der Waals surface area (Å²) in [7, 11) is 0. The fourth-order valence-electron chi connectivity index (χ4n) is 1.62. The largest absolute Gasteiger partial charge is 0.227 e. The molecule has 0 saturated heterocycles. The van der Waals surface area contributed by atoms with Crippen LogP contribution in [-0.4, -0.2) is 6.04 Å². The van der Waals surface area contributed by atoms with Gasteiger partial charge in [-0.2, -0.15) is 0 Å². The summed E-state index contributed by atoms with van der Waals surface area (Å²) < 4.78 is 0. The molecule has 0 N–H and O–H groups in total. The Morgan fingerprint density at radius 1 is 1.33 bits per heavy atom. The van der Waals surface area contributed by atoms with Crippen molar-refractivity contribution in [3.63, 3.8) is 0 Å². The van der Waals surface area contributed by atoms with Crippen LogP contribution in [0.5, 0.6) is 0 Å². The predicted octanol–water partition coefficient (Wildman–Crippen LogP) is 3.67.